The number of likely N-dealkylation sites (tertiary alicyclic amines) is 1. The maximum absolute atomic E-state index is 12.7. The molecular formula is C27H32N6O. The van der Waals surface area contributed by atoms with E-state index in [1.807, 2.05) is 41.4 Å². The molecule has 7 nitrogen and oxygen atoms in total. The zero-order valence-corrected chi connectivity index (χ0v) is 19.9. The van der Waals surface area contributed by atoms with Gasteiger partial charge in [-0.3, -0.25) is 14.7 Å². The van der Waals surface area contributed by atoms with Crippen molar-refractivity contribution in [2.24, 2.45) is 5.41 Å². The lowest BCUT2D eigenvalue weighted by Crippen LogP contribution is -2.38. The smallest absolute Gasteiger partial charge is 0.253 e. The van der Waals surface area contributed by atoms with Crippen LogP contribution in [0.25, 0.3) is 18.0 Å². The number of amides is 1. The van der Waals surface area contributed by atoms with E-state index in [0.29, 0.717) is 17.5 Å². The molecule has 3 aromatic heterocycles. The number of carbonyl (C=O) groups excluding carboxylic acids is 1. The molecule has 1 saturated heterocycles. The number of aromatic nitrogens is 4. The first-order chi connectivity index (χ1) is 16.4. The summed E-state index contributed by atoms with van der Waals surface area (Å²) in [6.07, 6.45) is 19.1. The largest absolute Gasteiger partial charge is 0.346 e. The molecule has 7 heteroatoms. The summed E-state index contributed by atoms with van der Waals surface area (Å²) in [5, 5.41) is 2.98. The second-order valence-corrected chi connectivity index (χ2v) is 10.0. The molecule has 1 fully saturated rings. The Morgan fingerprint density at radius 3 is 2.74 bits per heavy atom. The van der Waals surface area contributed by atoms with Crippen LogP contribution < -0.4 is 5.32 Å². The molecule has 0 aliphatic carbocycles. The lowest BCUT2D eigenvalue weighted by atomic mass is 9.82. The molecular weight excluding hydrogens is 424 g/mol. The van der Waals surface area contributed by atoms with Crippen LogP contribution in [0, 0.1) is 5.41 Å². The molecule has 1 N–H and O–H groups in total. The van der Waals surface area contributed by atoms with Crippen molar-refractivity contribution in [3.8, 4) is 5.69 Å². The fourth-order valence-corrected chi connectivity index (χ4v) is 4.52. The van der Waals surface area contributed by atoms with Crippen LogP contribution in [-0.2, 0) is 6.54 Å². The van der Waals surface area contributed by atoms with Crippen molar-refractivity contribution in [2.45, 2.75) is 39.7 Å². The third-order valence-corrected chi connectivity index (χ3v) is 6.73. The van der Waals surface area contributed by atoms with E-state index in [1.165, 1.54) is 18.4 Å². The van der Waals surface area contributed by atoms with E-state index in [9.17, 15) is 4.79 Å². The first kappa shape index (κ1) is 22.3. The highest BCUT2D eigenvalue weighted by Gasteiger charge is 2.25. The van der Waals surface area contributed by atoms with Crippen LogP contribution in [0.1, 0.15) is 55.0 Å². The molecule has 0 spiro atoms. The Morgan fingerprint density at radius 1 is 1.15 bits per heavy atom. The van der Waals surface area contributed by atoms with Gasteiger partial charge in [-0.1, -0.05) is 19.9 Å². The fraction of sp³-hybridized carbons (Fsp3) is 0.370. The van der Waals surface area contributed by atoms with Crippen LogP contribution in [-0.4, -0.2) is 49.5 Å². The molecule has 0 atom stereocenters. The van der Waals surface area contributed by atoms with Crippen molar-refractivity contribution < 1.29 is 4.79 Å². The Kier molecular flexibility index (Phi) is 6.20. The summed E-state index contributed by atoms with van der Waals surface area (Å²) in [4.78, 5) is 24.2. The maximum atomic E-state index is 12.7. The number of nitrogens with one attached hydrogen (secondary N) is 1. The van der Waals surface area contributed by atoms with Gasteiger partial charge in [0.1, 0.15) is 5.82 Å². The van der Waals surface area contributed by atoms with Gasteiger partial charge in [-0.2, -0.15) is 0 Å². The van der Waals surface area contributed by atoms with Gasteiger partial charge >= 0.3 is 0 Å². The van der Waals surface area contributed by atoms with Crippen LogP contribution in [0.2, 0.25) is 0 Å². The second-order valence-electron chi connectivity index (χ2n) is 10.0. The molecule has 0 aromatic carbocycles. The molecule has 0 unspecified atom stereocenters. The molecule has 5 rings (SSSR count). The first-order valence-electron chi connectivity index (χ1n) is 12.0. The number of allylic oxidation sites excluding steroid dienone is 1. The summed E-state index contributed by atoms with van der Waals surface area (Å²) >= 11 is 0. The van der Waals surface area contributed by atoms with Crippen LogP contribution in [0.4, 0.5) is 0 Å². The van der Waals surface area contributed by atoms with Crippen molar-refractivity contribution in [3.63, 3.8) is 0 Å². The Balaban J connectivity index is 1.22. The van der Waals surface area contributed by atoms with Crippen molar-refractivity contribution in [2.75, 3.05) is 19.6 Å². The number of piperidine rings is 1. The molecule has 0 saturated carbocycles. The number of nitrogens with zero attached hydrogens (tertiary/aromatic N) is 5. The summed E-state index contributed by atoms with van der Waals surface area (Å²) in [5.41, 5.74) is 4.06. The molecule has 2 aliphatic rings. The average Bonchev–Trinajstić information content (AvgIpc) is 3.46. The Hall–Kier alpha value is -3.45. The van der Waals surface area contributed by atoms with Gasteiger partial charge in [-0.25, -0.2) is 4.98 Å². The topological polar surface area (TPSA) is 68.0 Å². The van der Waals surface area contributed by atoms with E-state index >= 15 is 0 Å². The van der Waals surface area contributed by atoms with Gasteiger partial charge in [0.15, 0.2) is 0 Å². The van der Waals surface area contributed by atoms with Crippen LogP contribution >= 0.6 is 0 Å². The van der Waals surface area contributed by atoms with Gasteiger partial charge < -0.3 is 14.5 Å². The quantitative estimate of drug-likeness (QED) is 0.598. The number of imidazole rings is 1. The molecule has 2 aliphatic heterocycles. The predicted molar refractivity (Wildman–Crippen MR) is 134 cm³/mol. The third-order valence-electron chi connectivity index (χ3n) is 6.73. The summed E-state index contributed by atoms with van der Waals surface area (Å²) < 4.78 is 4.01. The molecule has 5 heterocycles. The van der Waals surface area contributed by atoms with Crippen LogP contribution in [0.15, 0.2) is 60.8 Å². The van der Waals surface area contributed by atoms with Crippen LogP contribution in [0.3, 0.4) is 0 Å². The number of rotatable bonds is 6. The minimum absolute atomic E-state index is 0.163. The van der Waals surface area contributed by atoms with E-state index in [1.54, 1.807) is 12.4 Å². The zero-order valence-electron chi connectivity index (χ0n) is 19.9. The standard InChI is InChI=1S/C27H32N6O/c1-27(2)8-12-31(13-9-27)18-21-6-5-7-25-30-23(20-33(25)19-21)16-29-26(34)22-14-24(17-28-15-22)32-10-3-4-11-32/h3-5,7,10-11,14-15,17,19-20H,6,8-9,12-13,16,18H2,1-2H3,(H,29,34). The molecule has 176 valence electrons. The number of hydrogen-bond acceptors (Lipinski definition) is 4. The summed E-state index contributed by atoms with van der Waals surface area (Å²) in [6, 6.07) is 5.72. The van der Waals surface area contributed by atoms with Gasteiger partial charge in [0.25, 0.3) is 5.91 Å². The summed E-state index contributed by atoms with van der Waals surface area (Å²) in [6.45, 7) is 8.40. The fourth-order valence-electron chi connectivity index (χ4n) is 4.52. The summed E-state index contributed by atoms with van der Waals surface area (Å²) in [5.74, 6) is 0.736. The molecule has 34 heavy (non-hydrogen) atoms. The first-order valence-corrected chi connectivity index (χ1v) is 12.0. The van der Waals surface area contributed by atoms with Crippen LogP contribution in [0.5, 0.6) is 0 Å². The number of carbonyl (C=O) groups is 1. The van der Waals surface area contributed by atoms with E-state index in [0.717, 1.165) is 43.3 Å². The monoisotopic (exact) mass is 456 g/mol. The highest BCUT2D eigenvalue weighted by Crippen LogP contribution is 2.30. The van der Waals surface area contributed by atoms with Crippen molar-refractivity contribution in [1.82, 2.24) is 29.3 Å². The highest BCUT2D eigenvalue weighted by molar-refractivity contribution is 5.94. The number of fused-ring (bicyclic) bond motifs is 1. The molecule has 1 amide bonds. The lowest BCUT2D eigenvalue weighted by molar-refractivity contribution is 0.0950. The van der Waals surface area contributed by atoms with E-state index in [2.05, 4.69) is 52.0 Å². The third kappa shape index (κ3) is 5.20. The van der Waals surface area contributed by atoms with Gasteiger partial charge in [0, 0.05) is 37.5 Å². The molecule has 3 aromatic rings. The zero-order chi connectivity index (χ0) is 23.5. The Labute approximate surface area is 200 Å². The highest BCUT2D eigenvalue weighted by atomic mass is 16.1. The van der Waals surface area contributed by atoms with Gasteiger partial charge in [-0.05, 0) is 67.6 Å². The minimum atomic E-state index is -0.163. The van der Waals surface area contributed by atoms with Crippen molar-refractivity contribution in [3.05, 3.63) is 77.9 Å². The SMILES string of the molecule is CC1(C)CCN(CC2=Cn3cc(CNC(=O)c4cncc(-n5cccc5)c4)nc3C=CC2)CC1. The Morgan fingerprint density at radius 2 is 1.94 bits per heavy atom. The lowest BCUT2D eigenvalue weighted by Gasteiger charge is -2.37. The number of pyridine rings is 1. The number of hydrogen-bond donors (Lipinski definition) is 1. The predicted octanol–water partition coefficient (Wildman–Crippen LogP) is 4.38. The summed E-state index contributed by atoms with van der Waals surface area (Å²) in [7, 11) is 0. The van der Waals surface area contributed by atoms with Crippen molar-refractivity contribution in [1.29, 1.82) is 0 Å². The van der Waals surface area contributed by atoms with Gasteiger partial charge in [0.05, 0.1) is 29.7 Å². The van der Waals surface area contributed by atoms with Gasteiger partial charge in [-0.15, -0.1) is 0 Å². The average molecular weight is 457 g/mol. The molecule has 0 bridgehead atoms. The Bertz CT molecular complexity index is 1210. The van der Waals surface area contributed by atoms with E-state index in [-0.39, 0.29) is 5.91 Å². The normalized spacial score (nSPS) is 17.6. The van der Waals surface area contributed by atoms with E-state index < -0.39 is 0 Å². The van der Waals surface area contributed by atoms with Gasteiger partial charge in [0.2, 0.25) is 0 Å². The second kappa shape index (κ2) is 9.43. The van der Waals surface area contributed by atoms with E-state index in [4.69, 9.17) is 4.98 Å². The maximum Gasteiger partial charge on any atom is 0.253 e. The molecule has 0 radical (unpaired) electrons. The minimum Gasteiger partial charge on any atom is -0.346 e. The van der Waals surface area contributed by atoms with Crippen molar-refractivity contribution >= 4 is 18.2 Å².